The number of methoxy groups -OCH3 is 1. The fraction of sp³-hybridized carbons (Fsp3) is 0.357. The van der Waals surface area contributed by atoms with Gasteiger partial charge in [-0.05, 0) is 23.7 Å². The molecule has 1 aromatic carbocycles. The number of anilines is 1. The largest absolute Gasteiger partial charge is 0.497 e. The number of hydrogen-bond donors (Lipinski definition) is 0. The van der Waals surface area contributed by atoms with Crippen LogP contribution in [-0.2, 0) is 4.74 Å². The molecule has 21 heavy (non-hydrogen) atoms. The van der Waals surface area contributed by atoms with E-state index >= 15 is 0 Å². The van der Waals surface area contributed by atoms with Crippen LogP contribution in [0.25, 0.3) is 11.4 Å². The number of morpholine rings is 1. The second-order valence-corrected chi connectivity index (χ2v) is 4.90. The third kappa shape index (κ3) is 3.22. The Morgan fingerprint density at radius 2 is 2.00 bits per heavy atom. The van der Waals surface area contributed by atoms with E-state index in [0.29, 0.717) is 25.0 Å². The van der Waals surface area contributed by atoms with E-state index in [2.05, 4.69) is 15.0 Å². The van der Waals surface area contributed by atoms with Gasteiger partial charge < -0.3 is 14.4 Å². The molecule has 110 valence electrons. The molecule has 0 bridgehead atoms. The zero-order valence-electron chi connectivity index (χ0n) is 11.6. The summed E-state index contributed by atoms with van der Waals surface area (Å²) < 4.78 is 10.6. The molecule has 0 atom stereocenters. The quantitative estimate of drug-likeness (QED) is 0.865. The molecule has 0 radical (unpaired) electrons. The van der Waals surface area contributed by atoms with Crippen LogP contribution in [0.2, 0.25) is 5.28 Å². The molecule has 1 saturated heterocycles. The first-order chi connectivity index (χ1) is 10.3. The van der Waals surface area contributed by atoms with Gasteiger partial charge in [0, 0.05) is 18.7 Å². The van der Waals surface area contributed by atoms with Gasteiger partial charge in [0.05, 0.1) is 20.3 Å². The topological polar surface area (TPSA) is 60.4 Å². The summed E-state index contributed by atoms with van der Waals surface area (Å²) in [6, 6.07) is 7.54. The Labute approximate surface area is 127 Å². The number of nitrogens with zero attached hydrogens (tertiary/aromatic N) is 4. The molecule has 1 fully saturated rings. The first kappa shape index (κ1) is 14.0. The Morgan fingerprint density at radius 3 is 2.76 bits per heavy atom. The van der Waals surface area contributed by atoms with Crippen LogP contribution in [-0.4, -0.2) is 48.4 Å². The van der Waals surface area contributed by atoms with Crippen molar-refractivity contribution in [2.45, 2.75) is 0 Å². The summed E-state index contributed by atoms with van der Waals surface area (Å²) in [5, 5.41) is 0.185. The molecule has 2 aromatic rings. The second-order valence-electron chi connectivity index (χ2n) is 4.56. The predicted molar refractivity (Wildman–Crippen MR) is 79.9 cm³/mol. The normalized spacial score (nSPS) is 15.0. The average Bonchev–Trinajstić information content (AvgIpc) is 2.55. The summed E-state index contributed by atoms with van der Waals surface area (Å²) in [5.41, 5.74) is 0.841. The van der Waals surface area contributed by atoms with Crippen molar-refractivity contribution >= 4 is 17.5 Å². The van der Waals surface area contributed by atoms with Crippen LogP contribution in [0.3, 0.4) is 0 Å². The van der Waals surface area contributed by atoms with Crippen molar-refractivity contribution in [3.8, 4) is 17.1 Å². The van der Waals surface area contributed by atoms with Gasteiger partial charge in [-0.15, -0.1) is 0 Å². The Bertz CT molecular complexity index is 632. The number of hydrogen-bond acceptors (Lipinski definition) is 6. The number of rotatable bonds is 3. The molecule has 1 aliphatic heterocycles. The monoisotopic (exact) mass is 306 g/mol. The van der Waals surface area contributed by atoms with Crippen molar-refractivity contribution in [3.63, 3.8) is 0 Å². The van der Waals surface area contributed by atoms with Crippen LogP contribution < -0.4 is 9.64 Å². The van der Waals surface area contributed by atoms with Crippen molar-refractivity contribution < 1.29 is 9.47 Å². The lowest BCUT2D eigenvalue weighted by atomic mass is 10.2. The maximum atomic E-state index is 6.04. The molecule has 6 nitrogen and oxygen atoms in total. The highest BCUT2D eigenvalue weighted by atomic mass is 35.5. The van der Waals surface area contributed by atoms with Crippen molar-refractivity contribution in [2.24, 2.45) is 0 Å². The minimum atomic E-state index is 0.185. The van der Waals surface area contributed by atoms with Crippen molar-refractivity contribution in [2.75, 3.05) is 38.3 Å². The summed E-state index contributed by atoms with van der Waals surface area (Å²) >= 11 is 6.04. The van der Waals surface area contributed by atoms with E-state index in [1.54, 1.807) is 7.11 Å². The molecule has 3 rings (SSSR count). The maximum absolute atomic E-state index is 6.04. The van der Waals surface area contributed by atoms with Crippen molar-refractivity contribution in [1.29, 1.82) is 0 Å². The fourth-order valence-corrected chi connectivity index (χ4v) is 2.29. The van der Waals surface area contributed by atoms with Crippen LogP contribution >= 0.6 is 11.6 Å². The van der Waals surface area contributed by atoms with Crippen LogP contribution in [0.5, 0.6) is 5.75 Å². The van der Waals surface area contributed by atoms with Crippen LogP contribution in [0.15, 0.2) is 24.3 Å². The molecule has 1 aliphatic rings. The van der Waals surface area contributed by atoms with Crippen molar-refractivity contribution in [3.05, 3.63) is 29.5 Å². The number of aromatic nitrogens is 3. The highest BCUT2D eigenvalue weighted by Gasteiger charge is 2.16. The van der Waals surface area contributed by atoms with E-state index in [4.69, 9.17) is 21.1 Å². The summed E-state index contributed by atoms with van der Waals surface area (Å²) in [4.78, 5) is 15.0. The molecule has 1 aromatic heterocycles. The zero-order chi connectivity index (χ0) is 14.7. The lowest BCUT2D eigenvalue weighted by Gasteiger charge is -2.26. The molecule has 0 N–H and O–H groups in total. The van der Waals surface area contributed by atoms with Gasteiger partial charge >= 0.3 is 0 Å². The Morgan fingerprint density at radius 1 is 1.19 bits per heavy atom. The Balaban J connectivity index is 1.96. The predicted octanol–water partition coefficient (Wildman–Crippen LogP) is 2.04. The smallest absolute Gasteiger partial charge is 0.230 e. The molecule has 7 heteroatoms. The van der Waals surface area contributed by atoms with E-state index in [0.717, 1.165) is 24.4 Å². The first-order valence-electron chi connectivity index (χ1n) is 6.65. The van der Waals surface area contributed by atoms with Crippen LogP contribution in [0.4, 0.5) is 5.95 Å². The lowest BCUT2D eigenvalue weighted by Crippen LogP contribution is -2.37. The Kier molecular flexibility index (Phi) is 4.17. The highest BCUT2D eigenvalue weighted by molar-refractivity contribution is 6.28. The third-order valence-corrected chi connectivity index (χ3v) is 3.39. The van der Waals surface area contributed by atoms with Gasteiger partial charge in [0.15, 0.2) is 5.82 Å². The van der Waals surface area contributed by atoms with E-state index < -0.39 is 0 Å². The van der Waals surface area contributed by atoms with Gasteiger partial charge in [-0.3, -0.25) is 0 Å². The number of halogens is 1. The summed E-state index contributed by atoms with van der Waals surface area (Å²) in [6.45, 7) is 2.82. The van der Waals surface area contributed by atoms with Gasteiger partial charge in [0.1, 0.15) is 5.75 Å². The molecular formula is C14H15ClN4O2. The summed E-state index contributed by atoms with van der Waals surface area (Å²) in [7, 11) is 1.62. The van der Waals surface area contributed by atoms with Gasteiger partial charge in [-0.1, -0.05) is 12.1 Å². The van der Waals surface area contributed by atoms with Gasteiger partial charge in [-0.2, -0.15) is 15.0 Å². The summed E-state index contributed by atoms with van der Waals surface area (Å²) in [6.07, 6.45) is 0. The standard InChI is InChI=1S/C14H15ClN4O2/c1-20-11-4-2-3-10(9-11)12-16-13(15)18-14(17-12)19-5-7-21-8-6-19/h2-4,9H,5-8H2,1H3. The van der Waals surface area contributed by atoms with E-state index in [1.165, 1.54) is 0 Å². The maximum Gasteiger partial charge on any atom is 0.230 e. The average molecular weight is 307 g/mol. The molecule has 0 spiro atoms. The SMILES string of the molecule is COc1cccc(-c2nc(Cl)nc(N3CCOCC3)n2)c1. The lowest BCUT2D eigenvalue weighted by molar-refractivity contribution is 0.122. The Hall–Kier alpha value is -1.92. The number of ether oxygens (including phenoxy) is 2. The van der Waals surface area contributed by atoms with Crippen LogP contribution in [0.1, 0.15) is 0 Å². The number of benzene rings is 1. The van der Waals surface area contributed by atoms with Gasteiger partial charge in [-0.25, -0.2) is 0 Å². The molecule has 2 heterocycles. The van der Waals surface area contributed by atoms with E-state index in [-0.39, 0.29) is 5.28 Å². The van der Waals surface area contributed by atoms with Gasteiger partial charge in [0.2, 0.25) is 11.2 Å². The van der Waals surface area contributed by atoms with Gasteiger partial charge in [0.25, 0.3) is 0 Å². The van der Waals surface area contributed by atoms with E-state index in [9.17, 15) is 0 Å². The minimum absolute atomic E-state index is 0.185. The molecule has 0 saturated carbocycles. The van der Waals surface area contributed by atoms with Crippen molar-refractivity contribution in [1.82, 2.24) is 15.0 Å². The third-order valence-electron chi connectivity index (χ3n) is 3.22. The molecule has 0 aliphatic carbocycles. The molecular weight excluding hydrogens is 292 g/mol. The highest BCUT2D eigenvalue weighted by Crippen LogP contribution is 2.23. The second kappa shape index (κ2) is 6.24. The zero-order valence-corrected chi connectivity index (χ0v) is 12.4. The molecule has 0 amide bonds. The van der Waals surface area contributed by atoms with Crippen LogP contribution in [0, 0.1) is 0 Å². The minimum Gasteiger partial charge on any atom is -0.497 e. The molecule has 0 unspecified atom stereocenters. The summed E-state index contributed by atoms with van der Waals surface area (Å²) in [5.74, 6) is 1.86. The first-order valence-corrected chi connectivity index (χ1v) is 7.03. The van der Waals surface area contributed by atoms with E-state index in [1.807, 2.05) is 29.2 Å². The fourth-order valence-electron chi connectivity index (χ4n) is 2.14.